The summed E-state index contributed by atoms with van der Waals surface area (Å²) in [5, 5.41) is -0.233. The molecule has 0 aromatic heterocycles. The number of hydrogen-bond acceptors (Lipinski definition) is 3. The van der Waals surface area contributed by atoms with E-state index in [1.54, 1.807) is 6.08 Å². The molecule has 0 N–H and O–H groups in total. The quantitative estimate of drug-likeness (QED) is 0.626. The number of rotatable bonds is 3. The molecule has 1 aliphatic rings. The van der Waals surface area contributed by atoms with Crippen molar-refractivity contribution < 1.29 is 9.59 Å². The molecule has 4 heteroatoms. The van der Waals surface area contributed by atoms with Gasteiger partial charge in [0.15, 0.2) is 0 Å². The van der Waals surface area contributed by atoms with E-state index < -0.39 is 0 Å². The average molecular weight is 287 g/mol. The van der Waals surface area contributed by atoms with Gasteiger partial charge >= 0.3 is 0 Å². The number of amides is 2. The van der Waals surface area contributed by atoms with Crippen molar-refractivity contribution in [2.24, 2.45) is 0 Å². The van der Waals surface area contributed by atoms with Gasteiger partial charge in [0.05, 0.1) is 4.91 Å². The summed E-state index contributed by atoms with van der Waals surface area (Å²) >= 11 is 0.989. The van der Waals surface area contributed by atoms with Crippen molar-refractivity contribution in [3.63, 3.8) is 0 Å². The zero-order valence-electron chi connectivity index (χ0n) is 11.9. The SMILES string of the molecule is C=CCN1C(=O)S/C(=C/c2c(C)cc(C)cc2C)C1=O. The highest BCUT2D eigenvalue weighted by molar-refractivity contribution is 8.18. The molecule has 1 fully saturated rings. The van der Waals surface area contributed by atoms with E-state index in [1.165, 1.54) is 10.5 Å². The maximum atomic E-state index is 12.2. The van der Waals surface area contributed by atoms with Crippen molar-refractivity contribution in [3.05, 3.63) is 51.9 Å². The Morgan fingerprint density at radius 3 is 2.35 bits per heavy atom. The molecule has 20 heavy (non-hydrogen) atoms. The second-order valence-corrected chi connectivity index (χ2v) is 5.89. The van der Waals surface area contributed by atoms with Crippen LogP contribution in [0.2, 0.25) is 0 Å². The summed E-state index contributed by atoms with van der Waals surface area (Å²) in [7, 11) is 0. The first-order chi connectivity index (χ1) is 9.43. The molecule has 1 saturated heterocycles. The van der Waals surface area contributed by atoms with Crippen LogP contribution in [-0.2, 0) is 4.79 Å². The summed E-state index contributed by atoms with van der Waals surface area (Å²) < 4.78 is 0. The second kappa shape index (κ2) is 5.67. The fourth-order valence-electron chi connectivity index (χ4n) is 2.34. The number of carbonyl (C=O) groups is 2. The van der Waals surface area contributed by atoms with Gasteiger partial charge in [-0.2, -0.15) is 0 Å². The Bertz CT molecular complexity index is 608. The fourth-order valence-corrected chi connectivity index (χ4v) is 3.17. The predicted molar refractivity (Wildman–Crippen MR) is 83.5 cm³/mol. The molecule has 0 saturated carbocycles. The maximum Gasteiger partial charge on any atom is 0.293 e. The molecule has 1 aromatic rings. The molecule has 0 unspecified atom stereocenters. The largest absolute Gasteiger partial charge is 0.293 e. The highest BCUT2D eigenvalue weighted by Gasteiger charge is 2.34. The van der Waals surface area contributed by atoms with Crippen LogP contribution in [0.25, 0.3) is 6.08 Å². The van der Waals surface area contributed by atoms with Gasteiger partial charge in [-0.3, -0.25) is 14.5 Å². The molecule has 0 radical (unpaired) electrons. The molecule has 2 amide bonds. The summed E-state index contributed by atoms with van der Waals surface area (Å²) in [5.74, 6) is -0.237. The van der Waals surface area contributed by atoms with Gasteiger partial charge < -0.3 is 0 Å². The lowest BCUT2D eigenvalue weighted by molar-refractivity contribution is -0.122. The highest BCUT2D eigenvalue weighted by atomic mass is 32.2. The van der Waals surface area contributed by atoms with Gasteiger partial charge in [0.25, 0.3) is 11.1 Å². The molecule has 1 aromatic carbocycles. The summed E-state index contributed by atoms with van der Waals surface area (Å²) in [5.41, 5.74) is 4.42. The number of benzene rings is 1. The van der Waals surface area contributed by atoms with Gasteiger partial charge in [0.2, 0.25) is 0 Å². The van der Waals surface area contributed by atoms with Crippen LogP contribution in [0.15, 0.2) is 29.7 Å². The fraction of sp³-hybridized carbons (Fsp3) is 0.250. The Kier molecular flexibility index (Phi) is 4.14. The zero-order valence-corrected chi connectivity index (χ0v) is 12.7. The third-order valence-electron chi connectivity index (χ3n) is 3.20. The molecule has 0 spiro atoms. The van der Waals surface area contributed by atoms with E-state index in [2.05, 4.69) is 18.7 Å². The number of aryl methyl sites for hydroxylation is 3. The van der Waals surface area contributed by atoms with Crippen LogP contribution in [0.4, 0.5) is 4.79 Å². The van der Waals surface area contributed by atoms with Crippen molar-refractivity contribution in [3.8, 4) is 0 Å². The summed E-state index contributed by atoms with van der Waals surface area (Å²) in [6, 6.07) is 4.15. The van der Waals surface area contributed by atoms with E-state index in [9.17, 15) is 9.59 Å². The first-order valence-electron chi connectivity index (χ1n) is 6.38. The molecule has 2 rings (SSSR count). The average Bonchev–Trinajstić information content (AvgIpc) is 2.62. The smallest absolute Gasteiger partial charge is 0.268 e. The number of hydrogen-bond donors (Lipinski definition) is 0. The number of nitrogens with zero attached hydrogens (tertiary/aromatic N) is 1. The van der Waals surface area contributed by atoms with Crippen LogP contribution in [0, 0.1) is 20.8 Å². The van der Waals surface area contributed by atoms with E-state index in [0.717, 1.165) is 28.5 Å². The van der Waals surface area contributed by atoms with E-state index in [4.69, 9.17) is 0 Å². The molecule has 1 aliphatic heterocycles. The van der Waals surface area contributed by atoms with Gasteiger partial charge in [-0.25, -0.2) is 0 Å². The maximum absolute atomic E-state index is 12.2. The lowest BCUT2D eigenvalue weighted by Gasteiger charge is -2.09. The molecule has 0 atom stereocenters. The second-order valence-electron chi connectivity index (χ2n) is 4.89. The Balaban J connectivity index is 2.40. The predicted octanol–water partition coefficient (Wildman–Crippen LogP) is 3.83. The summed E-state index contributed by atoms with van der Waals surface area (Å²) in [6.45, 7) is 9.89. The van der Waals surface area contributed by atoms with E-state index in [1.807, 2.05) is 26.8 Å². The van der Waals surface area contributed by atoms with Gasteiger partial charge in [-0.15, -0.1) is 6.58 Å². The van der Waals surface area contributed by atoms with Crippen LogP contribution in [0.5, 0.6) is 0 Å². The van der Waals surface area contributed by atoms with Crippen molar-refractivity contribution >= 4 is 29.0 Å². The Morgan fingerprint density at radius 2 is 1.80 bits per heavy atom. The van der Waals surface area contributed by atoms with Crippen molar-refractivity contribution in [2.45, 2.75) is 20.8 Å². The topological polar surface area (TPSA) is 37.4 Å². The molecule has 104 valence electrons. The van der Waals surface area contributed by atoms with Crippen molar-refractivity contribution in [1.82, 2.24) is 4.90 Å². The lowest BCUT2D eigenvalue weighted by Crippen LogP contribution is -2.27. The lowest BCUT2D eigenvalue weighted by atomic mass is 9.99. The normalized spacial score (nSPS) is 17.1. The van der Waals surface area contributed by atoms with Gasteiger partial charge in [-0.05, 0) is 55.3 Å². The minimum Gasteiger partial charge on any atom is -0.268 e. The number of carbonyl (C=O) groups excluding carboxylic acids is 2. The Hall–Kier alpha value is -1.81. The standard InChI is InChI=1S/C16H17NO2S/c1-5-6-17-15(18)14(20-16(17)19)9-13-11(3)7-10(2)8-12(13)4/h5,7-9H,1,6H2,2-4H3/b14-9+. The molecule has 1 heterocycles. The third-order valence-corrected chi connectivity index (χ3v) is 4.11. The third kappa shape index (κ3) is 2.70. The van der Waals surface area contributed by atoms with Crippen LogP contribution in [0.3, 0.4) is 0 Å². The molecular weight excluding hydrogens is 270 g/mol. The molecular formula is C16H17NO2S. The van der Waals surface area contributed by atoms with Crippen molar-refractivity contribution in [2.75, 3.05) is 6.54 Å². The van der Waals surface area contributed by atoms with Gasteiger partial charge in [0, 0.05) is 6.54 Å². The number of thioether (sulfide) groups is 1. The Morgan fingerprint density at radius 1 is 1.20 bits per heavy atom. The summed E-state index contributed by atoms with van der Waals surface area (Å²) in [4.78, 5) is 25.6. The van der Waals surface area contributed by atoms with E-state index in [-0.39, 0.29) is 17.7 Å². The number of imide groups is 1. The molecule has 0 aliphatic carbocycles. The van der Waals surface area contributed by atoms with Crippen molar-refractivity contribution in [1.29, 1.82) is 0 Å². The minimum atomic E-state index is -0.237. The van der Waals surface area contributed by atoms with Crippen LogP contribution in [0.1, 0.15) is 22.3 Å². The monoisotopic (exact) mass is 287 g/mol. The zero-order chi connectivity index (χ0) is 14.9. The molecule has 0 bridgehead atoms. The minimum absolute atomic E-state index is 0.233. The van der Waals surface area contributed by atoms with E-state index >= 15 is 0 Å². The first kappa shape index (κ1) is 14.6. The van der Waals surface area contributed by atoms with Crippen LogP contribution < -0.4 is 0 Å². The van der Waals surface area contributed by atoms with Gasteiger partial charge in [-0.1, -0.05) is 23.8 Å². The Labute approximate surface area is 123 Å². The first-order valence-corrected chi connectivity index (χ1v) is 7.19. The van der Waals surface area contributed by atoms with Gasteiger partial charge in [0.1, 0.15) is 0 Å². The highest BCUT2D eigenvalue weighted by Crippen LogP contribution is 2.33. The van der Waals surface area contributed by atoms with E-state index in [0.29, 0.717) is 4.91 Å². The summed E-state index contributed by atoms with van der Waals surface area (Å²) in [6.07, 6.45) is 3.37. The van der Waals surface area contributed by atoms with Crippen LogP contribution >= 0.6 is 11.8 Å². The molecule has 3 nitrogen and oxygen atoms in total. The van der Waals surface area contributed by atoms with Crippen LogP contribution in [-0.4, -0.2) is 22.6 Å².